The van der Waals surface area contributed by atoms with E-state index >= 15 is 0 Å². The molecule has 72 valence electrons. The third kappa shape index (κ3) is 2.06. The molecule has 12 heavy (non-hydrogen) atoms. The lowest BCUT2D eigenvalue weighted by atomic mass is 10.2. The zero-order valence-corrected chi connectivity index (χ0v) is 11.8. The number of nitrogens with zero attached hydrogens (tertiary/aromatic N) is 1. The van der Waals surface area contributed by atoms with Gasteiger partial charge in [-0.15, -0.1) is 0 Å². The van der Waals surface area contributed by atoms with Gasteiger partial charge in [0.1, 0.15) is 0 Å². The van der Waals surface area contributed by atoms with Gasteiger partial charge in [-0.25, -0.2) is 8.42 Å². The monoisotopic (exact) mass is 415 g/mol. The highest BCUT2D eigenvalue weighted by atomic mass is 127. The number of rotatable bonds is 2. The van der Waals surface area contributed by atoms with Crippen LogP contribution in [-0.2, 0) is 10.0 Å². The predicted molar refractivity (Wildman–Crippen MR) is 66.4 cm³/mol. The van der Waals surface area contributed by atoms with Crippen molar-refractivity contribution in [1.29, 1.82) is 0 Å². The fourth-order valence-electron chi connectivity index (χ4n) is 1.27. The molecule has 0 spiro atoms. The summed E-state index contributed by atoms with van der Waals surface area (Å²) >= 11 is 4.40. The first-order valence-corrected chi connectivity index (χ1v) is 7.94. The summed E-state index contributed by atoms with van der Waals surface area (Å²) in [6.45, 7) is 0. The Kier molecular flexibility index (Phi) is 4.06. The second-order valence-corrected chi connectivity index (χ2v) is 7.62. The molecule has 0 amide bonds. The molecule has 0 aromatic carbocycles. The minimum absolute atomic E-state index is 0.138. The molecule has 1 aliphatic rings. The minimum Gasteiger partial charge on any atom is -0.212 e. The number of halogens is 2. The molecule has 0 N–H and O–H groups in total. The van der Waals surface area contributed by atoms with E-state index in [-0.39, 0.29) is 9.30 Å². The van der Waals surface area contributed by atoms with Gasteiger partial charge in [0, 0.05) is 11.5 Å². The van der Waals surface area contributed by atoms with Crippen LogP contribution in [0.15, 0.2) is 0 Å². The van der Waals surface area contributed by atoms with Crippen LogP contribution >= 0.6 is 45.2 Å². The molecule has 1 saturated heterocycles. The van der Waals surface area contributed by atoms with Gasteiger partial charge >= 0.3 is 0 Å². The van der Waals surface area contributed by atoms with Crippen LogP contribution in [0.4, 0.5) is 0 Å². The van der Waals surface area contributed by atoms with Gasteiger partial charge in [0.15, 0.2) is 0 Å². The first-order valence-electron chi connectivity index (χ1n) is 3.67. The van der Waals surface area contributed by atoms with Crippen LogP contribution in [0, 0.1) is 0 Å². The van der Waals surface area contributed by atoms with Crippen molar-refractivity contribution in [2.24, 2.45) is 0 Å². The average Bonchev–Trinajstić information content (AvgIpc) is 2.17. The Balaban J connectivity index is 2.81. The summed E-state index contributed by atoms with van der Waals surface area (Å²) in [5, 5.41) is -0.138. The Morgan fingerprint density at radius 3 is 2.50 bits per heavy atom. The van der Waals surface area contributed by atoms with E-state index in [0.29, 0.717) is 0 Å². The van der Waals surface area contributed by atoms with Crippen LogP contribution in [0.5, 0.6) is 0 Å². The molecule has 1 heterocycles. The molecule has 0 bridgehead atoms. The van der Waals surface area contributed by atoms with E-state index in [1.165, 1.54) is 4.31 Å². The third-order valence-electron chi connectivity index (χ3n) is 2.11. The second kappa shape index (κ2) is 4.26. The van der Waals surface area contributed by atoms with Crippen molar-refractivity contribution in [2.45, 2.75) is 22.1 Å². The maximum absolute atomic E-state index is 11.6. The summed E-state index contributed by atoms with van der Waals surface area (Å²) in [4.78, 5) is 0. The highest BCUT2D eigenvalue weighted by molar-refractivity contribution is 14.1. The van der Waals surface area contributed by atoms with Crippen LogP contribution in [0.1, 0.15) is 12.8 Å². The van der Waals surface area contributed by atoms with Gasteiger partial charge in [0.05, 0.1) is 9.30 Å². The van der Waals surface area contributed by atoms with Crippen molar-refractivity contribution in [3.8, 4) is 0 Å². The molecule has 6 heteroatoms. The maximum atomic E-state index is 11.6. The summed E-state index contributed by atoms with van der Waals surface area (Å²) in [7, 11) is -1.29. The summed E-state index contributed by atoms with van der Waals surface area (Å²) in [5.41, 5.74) is 0. The van der Waals surface area contributed by atoms with Crippen LogP contribution in [0.25, 0.3) is 0 Å². The van der Waals surface area contributed by atoms with Gasteiger partial charge in [-0.3, -0.25) is 0 Å². The zero-order chi connectivity index (χ0) is 9.35. The highest BCUT2D eigenvalue weighted by Gasteiger charge is 2.41. The van der Waals surface area contributed by atoms with E-state index in [9.17, 15) is 8.42 Å². The Morgan fingerprint density at radius 2 is 2.17 bits per heavy atom. The van der Waals surface area contributed by atoms with E-state index in [1.54, 1.807) is 7.05 Å². The molecule has 0 saturated carbocycles. The maximum Gasteiger partial charge on any atom is 0.217 e. The summed E-state index contributed by atoms with van der Waals surface area (Å²) in [6.07, 6.45) is 1.56. The van der Waals surface area contributed by atoms with Crippen molar-refractivity contribution >= 4 is 55.2 Å². The van der Waals surface area contributed by atoms with Crippen molar-refractivity contribution in [2.75, 3.05) is 11.5 Å². The first kappa shape index (κ1) is 11.4. The molecule has 0 aromatic heterocycles. The summed E-state index contributed by atoms with van der Waals surface area (Å²) < 4.78 is 25.8. The molecule has 1 aliphatic heterocycles. The van der Waals surface area contributed by atoms with Gasteiger partial charge in [0.2, 0.25) is 10.0 Å². The Bertz CT molecular complexity index is 254. The van der Waals surface area contributed by atoms with Crippen LogP contribution in [0.3, 0.4) is 0 Å². The largest absolute Gasteiger partial charge is 0.217 e. The molecule has 1 fully saturated rings. The van der Waals surface area contributed by atoms with Crippen LogP contribution < -0.4 is 0 Å². The molecule has 2 unspecified atom stereocenters. The summed E-state index contributed by atoms with van der Waals surface area (Å²) in [5.74, 6) is 0. The number of hydrogen-bond acceptors (Lipinski definition) is 2. The van der Waals surface area contributed by atoms with E-state index < -0.39 is 10.0 Å². The SMILES string of the molecule is CN1C(I)CC(CCI)S1(=O)=O. The smallest absolute Gasteiger partial charge is 0.212 e. The molecule has 0 radical (unpaired) electrons. The standard InChI is InChI=1S/C6H11I2NO2S/c1-9-6(8)4-5(2-3-7)12(9,10)11/h5-6H,2-4H2,1H3. The number of hydrogen-bond donors (Lipinski definition) is 0. The van der Waals surface area contributed by atoms with Gasteiger partial charge in [0.25, 0.3) is 0 Å². The molecular weight excluding hydrogens is 404 g/mol. The van der Waals surface area contributed by atoms with E-state index in [2.05, 4.69) is 45.2 Å². The Morgan fingerprint density at radius 1 is 1.58 bits per heavy atom. The molecular formula is C6H11I2NO2S. The van der Waals surface area contributed by atoms with Gasteiger partial charge < -0.3 is 0 Å². The topological polar surface area (TPSA) is 37.4 Å². The van der Waals surface area contributed by atoms with Crippen molar-refractivity contribution in [1.82, 2.24) is 4.31 Å². The quantitative estimate of drug-likeness (QED) is 0.391. The van der Waals surface area contributed by atoms with Crippen LogP contribution in [-0.4, -0.2) is 33.5 Å². The molecule has 2 atom stereocenters. The number of sulfonamides is 1. The van der Waals surface area contributed by atoms with Gasteiger partial charge in [-0.1, -0.05) is 45.2 Å². The lowest BCUT2D eigenvalue weighted by Gasteiger charge is -2.12. The van der Waals surface area contributed by atoms with E-state index in [4.69, 9.17) is 0 Å². The molecule has 1 rings (SSSR count). The fourth-order valence-corrected chi connectivity index (χ4v) is 6.07. The van der Waals surface area contributed by atoms with Crippen molar-refractivity contribution < 1.29 is 8.42 Å². The fraction of sp³-hybridized carbons (Fsp3) is 1.00. The lowest BCUT2D eigenvalue weighted by molar-refractivity contribution is 0.496. The zero-order valence-electron chi connectivity index (χ0n) is 6.70. The highest BCUT2D eigenvalue weighted by Crippen LogP contribution is 2.32. The Labute approximate surface area is 101 Å². The average molecular weight is 415 g/mol. The van der Waals surface area contributed by atoms with Crippen molar-refractivity contribution in [3.63, 3.8) is 0 Å². The predicted octanol–water partition coefficient (Wildman–Crippen LogP) is 1.61. The molecule has 0 aromatic rings. The molecule has 3 nitrogen and oxygen atoms in total. The normalized spacial score (nSPS) is 35.6. The third-order valence-corrected chi connectivity index (χ3v) is 6.78. The first-order chi connectivity index (χ1) is 5.50. The lowest BCUT2D eigenvalue weighted by Crippen LogP contribution is -2.27. The van der Waals surface area contributed by atoms with Gasteiger partial charge in [-0.05, 0) is 12.8 Å². The minimum atomic E-state index is -2.96. The number of alkyl halides is 2. The van der Waals surface area contributed by atoms with Crippen LogP contribution in [0.2, 0.25) is 0 Å². The second-order valence-electron chi connectivity index (χ2n) is 2.83. The summed E-state index contributed by atoms with van der Waals surface area (Å²) in [6, 6.07) is 0. The van der Waals surface area contributed by atoms with Gasteiger partial charge in [-0.2, -0.15) is 4.31 Å². The van der Waals surface area contributed by atoms with Crippen molar-refractivity contribution in [3.05, 3.63) is 0 Å². The molecule has 0 aliphatic carbocycles. The Hall–Kier alpha value is 1.37. The van der Waals surface area contributed by atoms with E-state index in [0.717, 1.165) is 17.3 Å². The van der Waals surface area contributed by atoms with E-state index in [1.807, 2.05) is 0 Å².